The average molecular weight is 331 g/mol. The van der Waals surface area contributed by atoms with Gasteiger partial charge in [0.1, 0.15) is 17.6 Å². The largest absolute Gasteiger partial charge is 0.497 e. The molecule has 0 aliphatic carbocycles. The molecule has 3 rings (SSSR count). The fourth-order valence-corrected chi connectivity index (χ4v) is 3.07. The van der Waals surface area contributed by atoms with Crippen LogP contribution in [0.1, 0.15) is 13.3 Å². The lowest BCUT2D eigenvalue weighted by atomic mass is 9.90. The fraction of sp³-hybridized carbons (Fsp3) is 0.375. The predicted molar refractivity (Wildman–Crippen MR) is 87.5 cm³/mol. The number of aliphatic carboxylic acids is 1. The number of nitro groups is 1. The van der Waals surface area contributed by atoms with Crippen LogP contribution in [-0.2, 0) is 4.79 Å². The quantitative estimate of drug-likeness (QED) is 0.677. The van der Waals surface area contributed by atoms with Gasteiger partial charge >= 0.3 is 11.7 Å². The lowest BCUT2D eigenvalue weighted by Gasteiger charge is -2.22. The third-order valence-electron chi connectivity index (χ3n) is 4.53. The summed E-state index contributed by atoms with van der Waals surface area (Å²) in [6.07, 6.45) is 1.65. The molecule has 0 amide bonds. The number of hydrogen-bond acceptors (Lipinski definition) is 6. The van der Waals surface area contributed by atoms with E-state index in [0.717, 1.165) is 0 Å². The van der Waals surface area contributed by atoms with Crippen molar-refractivity contribution < 1.29 is 19.6 Å². The predicted octanol–water partition coefficient (Wildman–Crippen LogP) is 2.45. The molecule has 1 atom stereocenters. The first kappa shape index (κ1) is 16.0. The second-order valence-corrected chi connectivity index (χ2v) is 6.17. The maximum atomic E-state index is 11.5. The topological polar surface area (TPSA) is 106 Å². The SMILES string of the molecule is COc1ccc2c(N3CCC(C)(C(=O)O)C3)c([N+](=O)[O-])cnc2c1. The number of nitrogens with zero attached hydrogens (tertiary/aromatic N) is 3. The van der Waals surface area contributed by atoms with E-state index in [-0.39, 0.29) is 12.2 Å². The second-order valence-electron chi connectivity index (χ2n) is 6.17. The van der Waals surface area contributed by atoms with Gasteiger partial charge in [-0.25, -0.2) is 4.98 Å². The van der Waals surface area contributed by atoms with E-state index in [4.69, 9.17) is 4.74 Å². The van der Waals surface area contributed by atoms with Crippen molar-refractivity contribution in [3.8, 4) is 5.75 Å². The molecule has 1 aliphatic rings. The highest BCUT2D eigenvalue weighted by molar-refractivity contribution is 5.97. The molecule has 1 saturated heterocycles. The first-order valence-electron chi connectivity index (χ1n) is 7.45. The number of pyridine rings is 1. The maximum absolute atomic E-state index is 11.5. The van der Waals surface area contributed by atoms with Gasteiger partial charge in [-0.15, -0.1) is 0 Å². The Hall–Kier alpha value is -2.90. The number of benzene rings is 1. The maximum Gasteiger partial charge on any atom is 0.311 e. The van der Waals surface area contributed by atoms with Gasteiger partial charge in [0.15, 0.2) is 0 Å². The number of carbonyl (C=O) groups is 1. The third kappa shape index (κ3) is 2.49. The number of fused-ring (bicyclic) bond motifs is 1. The van der Waals surface area contributed by atoms with Gasteiger partial charge in [-0.2, -0.15) is 0 Å². The van der Waals surface area contributed by atoms with Crippen molar-refractivity contribution in [1.82, 2.24) is 4.98 Å². The minimum atomic E-state index is -0.921. The lowest BCUT2D eigenvalue weighted by Crippen LogP contribution is -2.32. The summed E-state index contributed by atoms with van der Waals surface area (Å²) in [5, 5.41) is 21.5. The first-order valence-corrected chi connectivity index (χ1v) is 7.45. The fourth-order valence-electron chi connectivity index (χ4n) is 3.07. The van der Waals surface area contributed by atoms with Crippen LogP contribution >= 0.6 is 0 Å². The van der Waals surface area contributed by atoms with Crippen molar-refractivity contribution in [2.75, 3.05) is 25.1 Å². The van der Waals surface area contributed by atoms with Crippen LogP contribution in [0.15, 0.2) is 24.4 Å². The molecule has 24 heavy (non-hydrogen) atoms. The number of hydrogen-bond donors (Lipinski definition) is 1. The molecule has 1 unspecified atom stereocenters. The molecule has 8 heteroatoms. The number of rotatable bonds is 4. The summed E-state index contributed by atoms with van der Waals surface area (Å²) in [4.78, 5) is 28.3. The zero-order valence-electron chi connectivity index (χ0n) is 13.4. The summed E-state index contributed by atoms with van der Waals surface area (Å²) >= 11 is 0. The van der Waals surface area contributed by atoms with Crippen molar-refractivity contribution in [2.24, 2.45) is 5.41 Å². The molecule has 0 bridgehead atoms. The molecule has 0 spiro atoms. The molecule has 1 fully saturated rings. The van der Waals surface area contributed by atoms with Crippen LogP contribution in [0.3, 0.4) is 0 Å². The average Bonchev–Trinajstić information content (AvgIpc) is 2.96. The molecular formula is C16H17N3O5. The van der Waals surface area contributed by atoms with Gasteiger partial charge in [-0.05, 0) is 25.5 Å². The van der Waals surface area contributed by atoms with Crippen LogP contribution in [0.25, 0.3) is 10.9 Å². The summed E-state index contributed by atoms with van der Waals surface area (Å²) in [6, 6.07) is 5.14. The standard InChI is InChI=1S/C16H17N3O5/c1-16(15(20)21)5-6-18(9-16)14-11-4-3-10(24-2)7-12(11)17-8-13(14)19(22)23/h3-4,7-8H,5-6,9H2,1-2H3,(H,20,21). The second kappa shape index (κ2) is 5.63. The molecule has 1 N–H and O–H groups in total. The van der Waals surface area contributed by atoms with E-state index < -0.39 is 16.3 Å². The minimum absolute atomic E-state index is 0.123. The Bertz CT molecular complexity index is 838. The van der Waals surface area contributed by atoms with E-state index in [1.54, 1.807) is 30.0 Å². The highest BCUT2D eigenvalue weighted by atomic mass is 16.6. The zero-order chi connectivity index (χ0) is 17.5. The van der Waals surface area contributed by atoms with E-state index in [1.807, 2.05) is 0 Å². The zero-order valence-corrected chi connectivity index (χ0v) is 13.4. The van der Waals surface area contributed by atoms with E-state index in [0.29, 0.717) is 35.3 Å². The normalized spacial score (nSPS) is 20.3. The molecule has 0 radical (unpaired) electrons. The van der Waals surface area contributed by atoms with Crippen molar-refractivity contribution >= 4 is 28.2 Å². The molecule has 8 nitrogen and oxygen atoms in total. The Balaban J connectivity index is 2.16. The Morgan fingerprint density at radius 3 is 2.83 bits per heavy atom. The van der Waals surface area contributed by atoms with Crippen molar-refractivity contribution in [2.45, 2.75) is 13.3 Å². The van der Waals surface area contributed by atoms with E-state index in [2.05, 4.69) is 4.98 Å². The summed E-state index contributed by atoms with van der Waals surface area (Å²) < 4.78 is 5.16. The number of carboxylic acids is 1. The summed E-state index contributed by atoms with van der Waals surface area (Å²) in [5.74, 6) is -0.292. The van der Waals surface area contributed by atoms with Gasteiger partial charge < -0.3 is 14.7 Å². The van der Waals surface area contributed by atoms with Crippen LogP contribution in [0, 0.1) is 15.5 Å². The highest BCUT2D eigenvalue weighted by Gasteiger charge is 2.42. The molecule has 126 valence electrons. The molecule has 2 aromatic rings. The smallest absolute Gasteiger partial charge is 0.311 e. The molecule has 0 saturated carbocycles. The Kier molecular flexibility index (Phi) is 3.75. The number of carboxylic acid groups (broad SMARTS) is 1. The summed E-state index contributed by atoms with van der Waals surface area (Å²) in [7, 11) is 1.53. The van der Waals surface area contributed by atoms with E-state index >= 15 is 0 Å². The summed E-state index contributed by atoms with van der Waals surface area (Å²) in [6.45, 7) is 2.32. The molecule has 1 aliphatic heterocycles. The van der Waals surface area contributed by atoms with Crippen molar-refractivity contribution in [3.63, 3.8) is 0 Å². The minimum Gasteiger partial charge on any atom is -0.497 e. The van der Waals surface area contributed by atoms with Crippen LogP contribution in [0.4, 0.5) is 11.4 Å². The van der Waals surface area contributed by atoms with Gasteiger partial charge in [-0.3, -0.25) is 14.9 Å². The highest BCUT2D eigenvalue weighted by Crippen LogP contribution is 2.41. The van der Waals surface area contributed by atoms with Crippen LogP contribution < -0.4 is 9.64 Å². The van der Waals surface area contributed by atoms with Crippen molar-refractivity contribution in [1.29, 1.82) is 0 Å². The Morgan fingerprint density at radius 1 is 1.50 bits per heavy atom. The van der Waals surface area contributed by atoms with Gasteiger partial charge in [0.05, 0.1) is 23.0 Å². The van der Waals surface area contributed by atoms with E-state index in [9.17, 15) is 20.0 Å². The molecule has 1 aromatic carbocycles. The lowest BCUT2D eigenvalue weighted by molar-refractivity contribution is -0.384. The molecule has 1 aromatic heterocycles. The number of methoxy groups -OCH3 is 1. The molecule has 2 heterocycles. The van der Waals surface area contributed by atoms with Crippen LogP contribution in [0.5, 0.6) is 5.75 Å². The van der Waals surface area contributed by atoms with Gasteiger partial charge in [0.2, 0.25) is 0 Å². The first-order chi connectivity index (χ1) is 11.4. The Morgan fingerprint density at radius 2 is 2.25 bits per heavy atom. The van der Waals surface area contributed by atoms with Gasteiger partial charge in [0, 0.05) is 24.5 Å². The van der Waals surface area contributed by atoms with Gasteiger partial charge in [0.25, 0.3) is 0 Å². The van der Waals surface area contributed by atoms with Crippen LogP contribution in [0.2, 0.25) is 0 Å². The van der Waals surface area contributed by atoms with Crippen LogP contribution in [-0.4, -0.2) is 41.2 Å². The van der Waals surface area contributed by atoms with Gasteiger partial charge in [-0.1, -0.05) is 0 Å². The number of anilines is 1. The third-order valence-corrected chi connectivity index (χ3v) is 4.53. The number of aromatic nitrogens is 1. The monoisotopic (exact) mass is 331 g/mol. The number of ether oxygens (including phenoxy) is 1. The summed E-state index contributed by atoms with van der Waals surface area (Å²) in [5.41, 5.74) is -0.0607. The van der Waals surface area contributed by atoms with Crippen molar-refractivity contribution in [3.05, 3.63) is 34.5 Å². The Labute approximate surface area is 137 Å². The molecular weight excluding hydrogens is 314 g/mol. The van der Waals surface area contributed by atoms with E-state index in [1.165, 1.54) is 13.3 Å².